The predicted octanol–water partition coefficient (Wildman–Crippen LogP) is 13.9. The van der Waals surface area contributed by atoms with Crippen LogP contribution in [0.4, 0.5) is 40.3 Å². The first-order valence-electron chi connectivity index (χ1n) is 32.9. The third kappa shape index (κ3) is 15.1. The number of rotatable bonds is 9. The zero-order valence-electron chi connectivity index (χ0n) is 55.4. The van der Waals surface area contributed by atoms with E-state index in [9.17, 15) is 4.79 Å². The molecule has 1 atom stereocenters. The van der Waals surface area contributed by atoms with Gasteiger partial charge in [-0.25, -0.2) is 34.9 Å². The van der Waals surface area contributed by atoms with Crippen LogP contribution < -0.4 is 31.9 Å². The number of anilines is 7. The van der Waals surface area contributed by atoms with E-state index in [0.29, 0.717) is 65.2 Å². The fourth-order valence-electron chi connectivity index (χ4n) is 13.3. The summed E-state index contributed by atoms with van der Waals surface area (Å²) in [5.41, 5.74) is 25.3. The predicted molar refractivity (Wildman–Crippen MR) is 397 cm³/mol. The van der Waals surface area contributed by atoms with Crippen molar-refractivity contribution in [3.8, 4) is 33.8 Å². The number of hydrogen-bond acceptors (Lipinski definition) is 17. The molecule has 3 aromatic carbocycles. The van der Waals surface area contributed by atoms with Crippen molar-refractivity contribution >= 4 is 109 Å². The first-order chi connectivity index (χ1) is 46.3. The van der Waals surface area contributed by atoms with Gasteiger partial charge in [0.1, 0.15) is 11.5 Å². The average molecular weight is 1350 g/mol. The van der Waals surface area contributed by atoms with Crippen LogP contribution in [0.5, 0.6) is 0 Å². The maximum Gasteiger partial charge on any atom is 0.270 e. The second-order valence-electron chi connectivity index (χ2n) is 26.2. The SMILES string of the molecule is Cc1ccc2c(c1)NC(=S)Cc1cnc(Nc3cc4c(nc3C)CCCC4)nc1-2.Cc1ccc2c(c1)NC(=S)Cc1cnc(Nc3cc4c(nc3C)CC[C@H](N(C)C)C4)nc1-2.Cc1nc(C(=O)NC2CCN(C)CC2)ccc1Cc1ncc2c(n1)-c1ccc(Cl)cc1NC(=S)C2. The van der Waals surface area contributed by atoms with Crippen LogP contribution in [-0.2, 0) is 51.4 Å². The van der Waals surface area contributed by atoms with Gasteiger partial charge in [0.25, 0.3) is 5.91 Å². The molecule has 0 unspecified atom stereocenters. The summed E-state index contributed by atoms with van der Waals surface area (Å²) in [5, 5.41) is 20.6. The number of pyridine rings is 3. The van der Waals surface area contributed by atoms with Gasteiger partial charge in [0.15, 0.2) is 0 Å². The summed E-state index contributed by atoms with van der Waals surface area (Å²) in [7, 11) is 6.41. The summed E-state index contributed by atoms with van der Waals surface area (Å²) in [4.78, 5) is 62.4. The Morgan fingerprint density at radius 2 is 1.09 bits per heavy atom. The van der Waals surface area contributed by atoms with E-state index in [2.05, 4.69) is 145 Å². The number of nitrogens with zero attached hydrogens (tertiary/aromatic N) is 11. The van der Waals surface area contributed by atoms with Crippen LogP contribution in [0.2, 0.25) is 5.02 Å². The number of carbonyl (C=O) groups excluding carboxylic acids is 1. The molecule has 4 aliphatic heterocycles. The molecule has 0 bridgehead atoms. The van der Waals surface area contributed by atoms with Crippen molar-refractivity contribution < 1.29 is 4.79 Å². The number of carbonyl (C=O) groups is 1. The Kier molecular flexibility index (Phi) is 19.6. The molecule has 10 heterocycles. The molecule has 1 fully saturated rings. The Balaban J connectivity index is 0.000000131. The minimum Gasteiger partial charge on any atom is -0.349 e. The van der Waals surface area contributed by atoms with Crippen LogP contribution in [0.25, 0.3) is 33.8 Å². The molecule has 0 saturated carbocycles. The number of benzene rings is 3. The van der Waals surface area contributed by atoms with E-state index >= 15 is 0 Å². The van der Waals surface area contributed by atoms with E-state index in [1.807, 2.05) is 63.6 Å². The zero-order valence-corrected chi connectivity index (χ0v) is 58.6. The Labute approximate surface area is 582 Å². The number of halogens is 1. The second-order valence-corrected chi connectivity index (χ2v) is 28.1. The third-order valence-corrected chi connectivity index (χ3v) is 19.7. The standard InChI is InChI=1S/C26H27ClN6OS.C25H28N6S.C23H23N5S/c1-15-16(3-6-21(29-15)26(34)30-19-7-9-33(2)10-8-19)11-23-28-14-17-12-24(35)31-22-13-18(27)4-5-20(22)25(17)32-23;1-14-5-7-19-22(9-14)28-23(32)12-17-13-26-25(30-24(17)19)29-21-11-16-10-18(31(3)4)6-8-20(16)27-15(21)2;1-13-7-8-17-20(9-13)26-21(29)11-16-12-24-23(28-22(16)17)27-19-10-15-5-3-4-6-18(15)25-14(19)2/h3-6,13-14,19H,7-12H2,1-2H3,(H,30,34)(H,31,35);5,7,9,11,13,18H,6,8,10,12H2,1-4H3,(H,28,32)(H,26,29,30);7-10,12H,3-6,11H2,1-2H3,(H,26,29)(H,24,27,28)/t;18-;/m.0./s1. The van der Waals surface area contributed by atoms with Gasteiger partial charge in [-0.2, -0.15) is 0 Å². The maximum absolute atomic E-state index is 12.7. The number of likely N-dealkylation sites (N-methyl/N-ethyl adjacent to an activating group) is 1. The molecular weight excluding hydrogens is 1270 g/mol. The van der Waals surface area contributed by atoms with Crippen molar-refractivity contribution in [3.63, 3.8) is 0 Å². The Hall–Kier alpha value is -8.70. The van der Waals surface area contributed by atoms with E-state index in [-0.39, 0.29) is 11.9 Å². The summed E-state index contributed by atoms with van der Waals surface area (Å²) in [5.74, 6) is 1.73. The molecule has 6 aromatic heterocycles. The molecule has 6 aliphatic rings. The van der Waals surface area contributed by atoms with Crippen LogP contribution in [0.3, 0.4) is 0 Å². The number of amides is 1. The number of likely N-dealkylation sites (tertiary alicyclic amines) is 1. The van der Waals surface area contributed by atoms with Crippen LogP contribution in [0.15, 0.2) is 97.5 Å². The molecule has 1 saturated heterocycles. The molecule has 18 nitrogen and oxygen atoms in total. The molecule has 96 heavy (non-hydrogen) atoms. The highest BCUT2D eigenvalue weighted by atomic mass is 35.5. The highest BCUT2D eigenvalue weighted by Gasteiger charge is 2.27. The van der Waals surface area contributed by atoms with Crippen LogP contribution in [0, 0.1) is 34.6 Å². The van der Waals surface area contributed by atoms with E-state index in [1.165, 1.54) is 46.5 Å². The van der Waals surface area contributed by atoms with Crippen LogP contribution in [-0.4, -0.2) is 122 Å². The minimum atomic E-state index is -0.116. The molecule has 6 N–H and O–H groups in total. The summed E-state index contributed by atoms with van der Waals surface area (Å²) in [6, 6.07) is 27.3. The fraction of sp³-hybridized carbons (Fsp3) is 0.338. The average Bonchev–Trinajstić information content (AvgIpc) is 1.50. The number of thiocarbonyl (C=S) groups is 3. The molecular formula is C74H78ClN17OS3. The van der Waals surface area contributed by atoms with Crippen LogP contribution >= 0.6 is 48.3 Å². The lowest BCUT2D eigenvalue weighted by atomic mass is 9.90. The van der Waals surface area contributed by atoms with Gasteiger partial charge < -0.3 is 41.7 Å². The van der Waals surface area contributed by atoms with Gasteiger partial charge >= 0.3 is 0 Å². The molecule has 9 aromatic rings. The molecule has 1 amide bonds. The first kappa shape index (κ1) is 65.9. The maximum atomic E-state index is 12.7. The third-order valence-electron chi connectivity index (χ3n) is 18.7. The van der Waals surface area contributed by atoms with Crippen molar-refractivity contribution in [2.75, 3.05) is 60.8 Å². The minimum absolute atomic E-state index is 0.116. The van der Waals surface area contributed by atoms with Gasteiger partial charge in [-0.05, 0) is 203 Å². The lowest BCUT2D eigenvalue weighted by Gasteiger charge is -2.30. The summed E-state index contributed by atoms with van der Waals surface area (Å²) >= 11 is 22.7. The van der Waals surface area contributed by atoms with Gasteiger partial charge in [-0.15, -0.1) is 0 Å². The van der Waals surface area contributed by atoms with Gasteiger partial charge in [0.05, 0.1) is 54.8 Å². The smallest absolute Gasteiger partial charge is 0.270 e. The largest absolute Gasteiger partial charge is 0.349 e. The van der Waals surface area contributed by atoms with Gasteiger partial charge in [-0.3, -0.25) is 14.8 Å². The number of fused-ring (bicyclic) bond motifs is 11. The fourth-order valence-corrected chi connectivity index (χ4v) is 14.3. The Morgan fingerprint density at radius 1 is 0.573 bits per heavy atom. The van der Waals surface area contributed by atoms with Crippen molar-refractivity contribution in [3.05, 3.63) is 187 Å². The van der Waals surface area contributed by atoms with Crippen molar-refractivity contribution in [1.29, 1.82) is 0 Å². The lowest BCUT2D eigenvalue weighted by molar-refractivity contribution is 0.0911. The second kappa shape index (κ2) is 28.6. The number of nitrogens with one attached hydrogen (secondary N) is 6. The summed E-state index contributed by atoms with van der Waals surface area (Å²) < 4.78 is 0. The zero-order chi connectivity index (χ0) is 66.9. The van der Waals surface area contributed by atoms with Gasteiger partial charge in [0, 0.05) is 129 Å². The topological polar surface area (TPSA) is 212 Å². The van der Waals surface area contributed by atoms with Crippen molar-refractivity contribution in [2.45, 2.75) is 130 Å². The molecule has 15 rings (SSSR count). The van der Waals surface area contributed by atoms with Crippen LogP contribution in [0.1, 0.15) is 121 Å². The summed E-state index contributed by atoms with van der Waals surface area (Å²) in [6.07, 6.45) is 17.7. The molecule has 2 aliphatic carbocycles. The highest BCUT2D eigenvalue weighted by molar-refractivity contribution is 7.81. The number of hydrogen-bond donors (Lipinski definition) is 6. The molecule has 0 radical (unpaired) electrons. The van der Waals surface area contributed by atoms with Gasteiger partial charge in [-0.1, -0.05) is 78.6 Å². The summed E-state index contributed by atoms with van der Waals surface area (Å²) in [6.45, 7) is 12.2. The molecule has 22 heteroatoms. The first-order valence-corrected chi connectivity index (χ1v) is 34.5. The van der Waals surface area contributed by atoms with Crippen molar-refractivity contribution in [2.24, 2.45) is 0 Å². The highest BCUT2D eigenvalue weighted by Crippen LogP contribution is 2.39. The van der Waals surface area contributed by atoms with E-state index in [0.717, 1.165) is 170 Å². The Bertz CT molecular complexity index is 4570. The van der Waals surface area contributed by atoms with E-state index < -0.39 is 0 Å². The quantitative estimate of drug-likeness (QED) is 0.0742. The normalized spacial score (nSPS) is 16.1. The molecule has 490 valence electrons. The van der Waals surface area contributed by atoms with E-state index in [1.54, 1.807) is 6.07 Å². The number of aromatic nitrogens is 9. The number of aryl methyl sites for hydroxylation is 8. The Morgan fingerprint density at radius 3 is 1.67 bits per heavy atom. The lowest BCUT2D eigenvalue weighted by Crippen LogP contribution is -2.43. The molecule has 0 spiro atoms. The number of piperidine rings is 1. The van der Waals surface area contributed by atoms with Crippen molar-refractivity contribution in [1.82, 2.24) is 60.0 Å². The van der Waals surface area contributed by atoms with E-state index in [4.69, 9.17) is 73.2 Å². The van der Waals surface area contributed by atoms with Gasteiger partial charge in [0.2, 0.25) is 11.9 Å². The monoisotopic (exact) mass is 1350 g/mol.